The zero-order chi connectivity index (χ0) is 27.6. The SMILES string of the molecule is COc1ccc(-c2cc(-c3ccc(F)cc3)nc(-c3ccc4c(c3)N(Cc3ccc(F)cc3)C(=O)CO4)c2)cc1. The van der Waals surface area contributed by atoms with Gasteiger partial charge in [0.1, 0.15) is 23.1 Å². The van der Waals surface area contributed by atoms with Gasteiger partial charge in [0, 0.05) is 11.1 Å². The summed E-state index contributed by atoms with van der Waals surface area (Å²) in [5, 5.41) is 0. The van der Waals surface area contributed by atoms with Gasteiger partial charge in [0.15, 0.2) is 6.61 Å². The van der Waals surface area contributed by atoms with Crippen molar-refractivity contribution in [2.45, 2.75) is 6.54 Å². The molecule has 1 aliphatic rings. The summed E-state index contributed by atoms with van der Waals surface area (Å²) in [6.45, 7) is 0.201. The number of anilines is 1. The predicted octanol–water partition coefficient (Wildman–Crippen LogP) is 7.30. The first kappa shape index (κ1) is 25.2. The number of carbonyl (C=O) groups excluding carboxylic acids is 1. The molecule has 0 aliphatic carbocycles. The lowest BCUT2D eigenvalue weighted by molar-refractivity contribution is -0.121. The van der Waals surface area contributed by atoms with Gasteiger partial charge in [0.2, 0.25) is 0 Å². The van der Waals surface area contributed by atoms with E-state index in [1.807, 2.05) is 54.6 Å². The van der Waals surface area contributed by atoms with Crippen LogP contribution >= 0.6 is 0 Å². The van der Waals surface area contributed by atoms with Gasteiger partial charge < -0.3 is 14.4 Å². The van der Waals surface area contributed by atoms with E-state index >= 15 is 0 Å². The fourth-order valence-electron chi connectivity index (χ4n) is 4.70. The highest BCUT2D eigenvalue weighted by molar-refractivity contribution is 5.98. The Kier molecular flexibility index (Phi) is 6.70. The van der Waals surface area contributed by atoms with Gasteiger partial charge >= 0.3 is 0 Å². The maximum Gasteiger partial charge on any atom is 0.265 e. The van der Waals surface area contributed by atoms with Crippen molar-refractivity contribution in [1.29, 1.82) is 0 Å². The van der Waals surface area contributed by atoms with E-state index in [0.29, 0.717) is 22.8 Å². The van der Waals surface area contributed by atoms with Crippen LogP contribution in [0.2, 0.25) is 0 Å². The lowest BCUT2D eigenvalue weighted by atomic mass is 9.99. The third kappa shape index (κ3) is 5.14. The van der Waals surface area contributed by atoms with Crippen LogP contribution in [0.15, 0.2) is 103 Å². The highest BCUT2D eigenvalue weighted by Gasteiger charge is 2.26. The van der Waals surface area contributed by atoms with Crippen LogP contribution in [-0.4, -0.2) is 24.6 Å². The molecule has 7 heteroatoms. The third-order valence-electron chi connectivity index (χ3n) is 6.84. The topological polar surface area (TPSA) is 51.7 Å². The van der Waals surface area contributed by atoms with Gasteiger partial charge in [-0.15, -0.1) is 0 Å². The van der Waals surface area contributed by atoms with Gasteiger partial charge in [-0.25, -0.2) is 13.8 Å². The van der Waals surface area contributed by atoms with Crippen LogP contribution in [0.3, 0.4) is 0 Å². The molecule has 6 rings (SSSR count). The van der Waals surface area contributed by atoms with E-state index in [1.54, 1.807) is 36.3 Å². The van der Waals surface area contributed by atoms with Crippen LogP contribution in [0, 0.1) is 11.6 Å². The van der Waals surface area contributed by atoms with E-state index in [2.05, 4.69) is 0 Å². The van der Waals surface area contributed by atoms with Gasteiger partial charge in [-0.3, -0.25) is 4.79 Å². The molecule has 1 amide bonds. The second-order valence-electron chi connectivity index (χ2n) is 9.44. The fraction of sp³-hybridized carbons (Fsp3) is 0.0909. The smallest absolute Gasteiger partial charge is 0.265 e. The number of aromatic nitrogens is 1. The summed E-state index contributed by atoms with van der Waals surface area (Å²) in [5.74, 6) is 0.476. The Bertz CT molecular complexity index is 1690. The predicted molar refractivity (Wildman–Crippen MR) is 150 cm³/mol. The minimum atomic E-state index is -0.334. The number of fused-ring (bicyclic) bond motifs is 1. The van der Waals surface area contributed by atoms with Gasteiger partial charge in [-0.2, -0.15) is 0 Å². The van der Waals surface area contributed by atoms with E-state index in [4.69, 9.17) is 14.5 Å². The first-order valence-corrected chi connectivity index (χ1v) is 12.7. The molecule has 0 atom stereocenters. The molecule has 2 heterocycles. The van der Waals surface area contributed by atoms with Crippen LogP contribution in [0.1, 0.15) is 5.56 Å². The Hall–Kier alpha value is -5.04. The number of carbonyl (C=O) groups is 1. The molecule has 1 aromatic heterocycles. The molecular formula is C33H24F2N2O3. The van der Waals surface area contributed by atoms with Crippen LogP contribution in [0.5, 0.6) is 11.5 Å². The number of methoxy groups -OCH3 is 1. The van der Waals surface area contributed by atoms with Crippen molar-refractivity contribution < 1.29 is 23.0 Å². The van der Waals surface area contributed by atoms with Crippen LogP contribution in [0.4, 0.5) is 14.5 Å². The summed E-state index contributed by atoms with van der Waals surface area (Å²) >= 11 is 0. The molecular weight excluding hydrogens is 510 g/mol. The summed E-state index contributed by atoms with van der Waals surface area (Å²) in [6.07, 6.45) is 0. The Labute approximate surface area is 230 Å². The van der Waals surface area contributed by atoms with Crippen molar-refractivity contribution in [2.24, 2.45) is 0 Å². The Morgan fingerprint density at radius 1 is 0.750 bits per heavy atom. The average molecular weight is 535 g/mol. The largest absolute Gasteiger partial charge is 0.497 e. The zero-order valence-electron chi connectivity index (χ0n) is 21.6. The van der Waals surface area contributed by atoms with Crippen molar-refractivity contribution in [2.75, 3.05) is 18.6 Å². The van der Waals surface area contributed by atoms with Gasteiger partial charge in [0.25, 0.3) is 5.91 Å². The second-order valence-corrected chi connectivity index (χ2v) is 9.44. The van der Waals surface area contributed by atoms with Crippen molar-refractivity contribution in [3.63, 3.8) is 0 Å². The number of hydrogen-bond donors (Lipinski definition) is 0. The van der Waals surface area contributed by atoms with E-state index in [1.165, 1.54) is 24.3 Å². The second kappa shape index (κ2) is 10.6. The standard InChI is InChI=1S/C33H24F2N2O3/c1-39-28-13-6-22(7-14-28)25-16-29(23-4-11-27(35)12-5-23)36-30(17-25)24-8-15-32-31(18-24)37(33(38)20-40-32)19-21-2-9-26(34)10-3-21/h2-18H,19-20H2,1H3. The molecule has 4 aromatic carbocycles. The number of hydrogen-bond acceptors (Lipinski definition) is 4. The third-order valence-corrected chi connectivity index (χ3v) is 6.84. The van der Waals surface area contributed by atoms with E-state index in [0.717, 1.165) is 33.6 Å². The molecule has 0 N–H and O–H groups in total. The van der Waals surface area contributed by atoms with Crippen molar-refractivity contribution >= 4 is 11.6 Å². The molecule has 5 aromatic rings. The molecule has 0 saturated heterocycles. The summed E-state index contributed by atoms with van der Waals surface area (Å²) in [6, 6.07) is 29.6. The van der Waals surface area contributed by atoms with Gasteiger partial charge in [-0.1, -0.05) is 24.3 Å². The van der Waals surface area contributed by atoms with E-state index in [9.17, 15) is 13.6 Å². The molecule has 40 heavy (non-hydrogen) atoms. The number of rotatable bonds is 6. The van der Waals surface area contributed by atoms with E-state index < -0.39 is 0 Å². The number of amides is 1. The first-order valence-electron chi connectivity index (χ1n) is 12.7. The van der Waals surface area contributed by atoms with Gasteiger partial charge in [0.05, 0.1) is 30.7 Å². The lowest BCUT2D eigenvalue weighted by Gasteiger charge is -2.30. The number of halogens is 2. The summed E-state index contributed by atoms with van der Waals surface area (Å²) in [4.78, 5) is 19.5. The van der Waals surface area contributed by atoms with Crippen LogP contribution < -0.4 is 14.4 Å². The van der Waals surface area contributed by atoms with Crippen LogP contribution in [-0.2, 0) is 11.3 Å². The lowest BCUT2D eigenvalue weighted by Crippen LogP contribution is -2.38. The summed E-state index contributed by atoms with van der Waals surface area (Å²) in [5.41, 5.74) is 6.19. The zero-order valence-corrected chi connectivity index (χ0v) is 21.6. The monoisotopic (exact) mass is 534 g/mol. The minimum Gasteiger partial charge on any atom is -0.497 e. The molecule has 0 bridgehead atoms. The van der Waals surface area contributed by atoms with Crippen LogP contribution in [0.25, 0.3) is 33.6 Å². The molecule has 198 valence electrons. The molecule has 0 saturated carbocycles. The molecule has 0 unspecified atom stereocenters. The van der Waals surface area contributed by atoms with Crippen molar-refractivity contribution in [1.82, 2.24) is 4.98 Å². The molecule has 5 nitrogen and oxygen atoms in total. The number of benzene rings is 4. The Morgan fingerprint density at radius 3 is 2.02 bits per heavy atom. The first-order chi connectivity index (χ1) is 19.5. The van der Waals surface area contributed by atoms with Gasteiger partial charge in [-0.05, 0) is 95.6 Å². The highest BCUT2D eigenvalue weighted by Crippen LogP contribution is 2.38. The maximum atomic E-state index is 13.7. The van der Waals surface area contributed by atoms with E-state index in [-0.39, 0.29) is 30.7 Å². The normalized spacial score (nSPS) is 12.6. The number of pyridine rings is 1. The average Bonchev–Trinajstić information content (AvgIpc) is 2.99. The number of ether oxygens (including phenoxy) is 2. The molecule has 0 radical (unpaired) electrons. The quantitative estimate of drug-likeness (QED) is 0.230. The summed E-state index contributed by atoms with van der Waals surface area (Å²) in [7, 11) is 1.62. The summed E-state index contributed by atoms with van der Waals surface area (Å²) < 4.78 is 38.2. The van der Waals surface area contributed by atoms with Crippen molar-refractivity contribution in [3.8, 4) is 45.1 Å². The Morgan fingerprint density at radius 2 is 1.35 bits per heavy atom. The molecule has 0 fully saturated rings. The molecule has 1 aliphatic heterocycles. The van der Waals surface area contributed by atoms with Crippen molar-refractivity contribution in [3.05, 3.63) is 120 Å². The fourth-order valence-corrected chi connectivity index (χ4v) is 4.70. The Balaban J connectivity index is 1.45. The molecule has 0 spiro atoms. The highest BCUT2D eigenvalue weighted by atomic mass is 19.1. The minimum absolute atomic E-state index is 0.0759. The maximum absolute atomic E-state index is 13.7. The number of nitrogens with zero attached hydrogens (tertiary/aromatic N) is 2.